The molecule has 2 fully saturated rings. The fourth-order valence-electron chi connectivity index (χ4n) is 3.57. The fraction of sp³-hybridized carbons (Fsp3) is 0.667. The lowest BCUT2D eigenvalue weighted by Crippen LogP contribution is -2.27. The second-order valence-corrected chi connectivity index (χ2v) is 6.00. The molecule has 2 aliphatic rings. The lowest BCUT2D eigenvalue weighted by Gasteiger charge is -2.24. The Morgan fingerprint density at radius 3 is 2.76 bits per heavy atom. The number of hydrogen-bond acceptors (Lipinski definition) is 2. The molecule has 0 aromatic carbocycles. The molecular weight excluding hydrogens is 212 g/mol. The molecule has 1 saturated heterocycles. The summed E-state index contributed by atoms with van der Waals surface area (Å²) in [5, 5.41) is 0. The molecule has 0 N–H and O–H groups in total. The van der Waals surface area contributed by atoms with Gasteiger partial charge in [-0.15, -0.1) is 13.2 Å². The molecule has 0 amide bonds. The van der Waals surface area contributed by atoms with Crippen LogP contribution in [0, 0.1) is 23.2 Å². The zero-order valence-corrected chi connectivity index (χ0v) is 10.8. The minimum absolute atomic E-state index is 0.0125. The maximum Gasteiger partial charge on any atom is 0.309 e. The minimum Gasteiger partial charge on any atom is -0.461 e. The third kappa shape index (κ3) is 1.94. The Morgan fingerprint density at radius 1 is 1.47 bits per heavy atom. The van der Waals surface area contributed by atoms with Crippen LogP contribution in [0.1, 0.15) is 33.1 Å². The number of esters is 1. The summed E-state index contributed by atoms with van der Waals surface area (Å²) in [6.45, 7) is 12.0. The molecule has 0 radical (unpaired) electrons. The summed E-state index contributed by atoms with van der Waals surface area (Å²) in [4.78, 5) is 12.0. The van der Waals surface area contributed by atoms with E-state index in [1.165, 1.54) is 0 Å². The molecule has 0 unspecified atom stereocenters. The molecule has 0 aromatic rings. The van der Waals surface area contributed by atoms with Crippen molar-refractivity contribution >= 4 is 5.97 Å². The van der Waals surface area contributed by atoms with Crippen LogP contribution in [-0.2, 0) is 9.53 Å². The predicted octanol–water partition coefficient (Wildman–Crippen LogP) is 3.34. The molecule has 4 atom stereocenters. The van der Waals surface area contributed by atoms with Gasteiger partial charge in [-0.2, -0.15) is 0 Å². The molecule has 0 aromatic heterocycles. The third-order valence-electron chi connectivity index (χ3n) is 4.37. The molecule has 2 heteroatoms. The molecule has 1 aliphatic heterocycles. The smallest absolute Gasteiger partial charge is 0.309 e. The Kier molecular flexibility index (Phi) is 3.15. The first-order valence-electron chi connectivity index (χ1n) is 6.45. The van der Waals surface area contributed by atoms with Crippen molar-refractivity contribution in [3.8, 4) is 0 Å². The standard InChI is InChI=1S/C15H22O2/c1-5-7-8-11-12-10(6-2)9-15(3,4)13(12)17-14(11)16/h5-6,10-13H,1-2,7-9H2,3-4H3/t10-,11+,12+,13-/m1/s1. The molecule has 94 valence electrons. The van der Waals surface area contributed by atoms with Gasteiger partial charge in [0.1, 0.15) is 6.10 Å². The van der Waals surface area contributed by atoms with E-state index in [4.69, 9.17) is 4.74 Å². The Bertz CT molecular complexity index is 343. The second kappa shape index (κ2) is 4.32. The number of rotatable bonds is 4. The lowest BCUT2D eigenvalue weighted by atomic mass is 9.81. The third-order valence-corrected chi connectivity index (χ3v) is 4.37. The zero-order valence-electron chi connectivity index (χ0n) is 10.8. The number of allylic oxidation sites excluding steroid dienone is 2. The first-order valence-corrected chi connectivity index (χ1v) is 6.45. The highest BCUT2D eigenvalue weighted by Crippen LogP contribution is 2.54. The van der Waals surface area contributed by atoms with Crippen molar-refractivity contribution in [2.24, 2.45) is 23.2 Å². The van der Waals surface area contributed by atoms with E-state index in [9.17, 15) is 4.79 Å². The van der Waals surface area contributed by atoms with Crippen LogP contribution < -0.4 is 0 Å². The highest BCUT2D eigenvalue weighted by molar-refractivity contribution is 5.75. The summed E-state index contributed by atoms with van der Waals surface area (Å²) in [6, 6.07) is 0. The van der Waals surface area contributed by atoms with E-state index in [1.54, 1.807) is 0 Å². The number of hydrogen-bond donors (Lipinski definition) is 0. The van der Waals surface area contributed by atoms with Crippen LogP contribution in [0.25, 0.3) is 0 Å². The van der Waals surface area contributed by atoms with Gasteiger partial charge < -0.3 is 4.74 Å². The van der Waals surface area contributed by atoms with Crippen LogP contribution >= 0.6 is 0 Å². The summed E-state index contributed by atoms with van der Waals surface area (Å²) in [5.41, 5.74) is 0.0854. The van der Waals surface area contributed by atoms with E-state index in [0.717, 1.165) is 19.3 Å². The monoisotopic (exact) mass is 234 g/mol. The van der Waals surface area contributed by atoms with E-state index in [-0.39, 0.29) is 23.4 Å². The first-order chi connectivity index (χ1) is 8.01. The summed E-state index contributed by atoms with van der Waals surface area (Å²) < 4.78 is 5.62. The quantitative estimate of drug-likeness (QED) is 0.551. The van der Waals surface area contributed by atoms with E-state index < -0.39 is 0 Å². The number of carbonyl (C=O) groups excluding carboxylic acids is 1. The molecular formula is C15H22O2. The Balaban J connectivity index is 2.22. The van der Waals surface area contributed by atoms with Gasteiger partial charge in [0.25, 0.3) is 0 Å². The molecule has 0 bridgehead atoms. The van der Waals surface area contributed by atoms with E-state index in [0.29, 0.717) is 11.8 Å². The molecule has 1 aliphatic carbocycles. The zero-order chi connectivity index (χ0) is 12.6. The summed E-state index contributed by atoms with van der Waals surface area (Å²) in [7, 11) is 0. The maximum absolute atomic E-state index is 12.0. The van der Waals surface area contributed by atoms with Crippen molar-refractivity contribution in [2.75, 3.05) is 0 Å². The topological polar surface area (TPSA) is 26.3 Å². The van der Waals surface area contributed by atoms with Crippen LogP contribution in [0.15, 0.2) is 25.3 Å². The van der Waals surface area contributed by atoms with Crippen LogP contribution in [0.2, 0.25) is 0 Å². The maximum atomic E-state index is 12.0. The molecule has 0 spiro atoms. The molecule has 1 saturated carbocycles. The fourth-order valence-corrected chi connectivity index (χ4v) is 3.57. The Hall–Kier alpha value is -1.05. The number of carbonyl (C=O) groups is 1. The van der Waals surface area contributed by atoms with Gasteiger partial charge in [0, 0.05) is 11.3 Å². The Morgan fingerprint density at radius 2 is 2.18 bits per heavy atom. The van der Waals surface area contributed by atoms with Gasteiger partial charge in [0.15, 0.2) is 0 Å². The highest BCUT2D eigenvalue weighted by Gasteiger charge is 2.58. The molecule has 2 rings (SSSR count). The van der Waals surface area contributed by atoms with Crippen molar-refractivity contribution in [3.63, 3.8) is 0 Å². The van der Waals surface area contributed by atoms with E-state index in [1.807, 2.05) is 12.2 Å². The predicted molar refractivity (Wildman–Crippen MR) is 68.4 cm³/mol. The van der Waals surface area contributed by atoms with Gasteiger partial charge in [-0.05, 0) is 25.2 Å². The van der Waals surface area contributed by atoms with Crippen molar-refractivity contribution in [1.82, 2.24) is 0 Å². The van der Waals surface area contributed by atoms with E-state index >= 15 is 0 Å². The molecule has 17 heavy (non-hydrogen) atoms. The average Bonchev–Trinajstić information content (AvgIpc) is 2.72. The van der Waals surface area contributed by atoms with Crippen LogP contribution in [0.3, 0.4) is 0 Å². The van der Waals surface area contributed by atoms with Gasteiger partial charge in [0.2, 0.25) is 0 Å². The van der Waals surface area contributed by atoms with Gasteiger partial charge in [-0.1, -0.05) is 26.0 Å². The average molecular weight is 234 g/mol. The van der Waals surface area contributed by atoms with Gasteiger partial charge in [-0.3, -0.25) is 4.79 Å². The highest BCUT2D eigenvalue weighted by atomic mass is 16.6. The molecule has 1 heterocycles. The molecule has 2 nitrogen and oxygen atoms in total. The van der Waals surface area contributed by atoms with Crippen molar-refractivity contribution in [2.45, 2.75) is 39.2 Å². The first kappa shape index (κ1) is 12.4. The van der Waals surface area contributed by atoms with Crippen molar-refractivity contribution in [3.05, 3.63) is 25.3 Å². The lowest BCUT2D eigenvalue weighted by molar-refractivity contribution is -0.147. The minimum atomic E-state index is -0.0125. The van der Waals surface area contributed by atoms with Gasteiger partial charge in [0.05, 0.1) is 5.92 Å². The number of ether oxygens (including phenoxy) is 1. The van der Waals surface area contributed by atoms with E-state index in [2.05, 4.69) is 27.0 Å². The van der Waals surface area contributed by atoms with Crippen molar-refractivity contribution < 1.29 is 9.53 Å². The van der Waals surface area contributed by atoms with Crippen molar-refractivity contribution in [1.29, 1.82) is 0 Å². The summed E-state index contributed by atoms with van der Waals surface area (Å²) >= 11 is 0. The van der Waals surface area contributed by atoms with Gasteiger partial charge in [-0.25, -0.2) is 0 Å². The SMILES string of the molecule is C=CCC[C@@H]1C(=O)O[C@@H]2[C@H]1[C@H](C=C)CC2(C)C. The normalized spacial score (nSPS) is 38.6. The largest absolute Gasteiger partial charge is 0.461 e. The van der Waals surface area contributed by atoms with Crippen LogP contribution in [-0.4, -0.2) is 12.1 Å². The van der Waals surface area contributed by atoms with Gasteiger partial charge >= 0.3 is 5.97 Å². The summed E-state index contributed by atoms with van der Waals surface area (Å²) in [5.74, 6) is 0.774. The summed E-state index contributed by atoms with van der Waals surface area (Å²) in [6.07, 6.45) is 6.78. The second-order valence-electron chi connectivity index (χ2n) is 6.00. The Labute approximate surface area is 104 Å². The number of fused-ring (bicyclic) bond motifs is 1. The van der Waals surface area contributed by atoms with Crippen LogP contribution in [0.5, 0.6) is 0 Å². The van der Waals surface area contributed by atoms with Crippen LogP contribution in [0.4, 0.5) is 0 Å².